The highest BCUT2D eigenvalue weighted by Gasteiger charge is 2.44. The maximum Gasteiger partial charge on any atom is 0.282 e. The Bertz CT molecular complexity index is 586. The minimum Gasteiger partial charge on any atom is -0.339 e. The molecule has 3 saturated heterocycles. The van der Waals surface area contributed by atoms with Crippen molar-refractivity contribution in [3.63, 3.8) is 0 Å². The first kappa shape index (κ1) is 18.9. The molecule has 1 unspecified atom stereocenters. The van der Waals surface area contributed by atoms with Crippen molar-refractivity contribution in [2.24, 2.45) is 0 Å². The average molecular weight is 380 g/mol. The number of nitrogens with one attached hydrogen (secondary N) is 1. The van der Waals surface area contributed by atoms with Gasteiger partial charge >= 0.3 is 0 Å². The highest BCUT2D eigenvalue weighted by atomic mass is 32.2. The van der Waals surface area contributed by atoms with Crippen molar-refractivity contribution in [2.45, 2.75) is 44.1 Å². The zero-order valence-electron chi connectivity index (χ0n) is 14.3. The fraction of sp³-hybridized carbons (Fsp3) is 0.933. The van der Waals surface area contributed by atoms with Crippen LogP contribution in [0, 0.1) is 0 Å². The largest absolute Gasteiger partial charge is 0.339 e. The van der Waals surface area contributed by atoms with Crippen LogP contribution < -0.4 is 5.32 Å². The number of hydrogen-bond donors (Lipinski definition) is 1. The molecule has 25 heavy (non-hydrogen) atoms. The van der Waals surface area contributed by atoms with E-state index in [0.717, 1.165) is 25.7 Å². The predicted octanol–water partition coefficient (Wildman–Crippen LogP) is 0.249. The van der Waals surface area contributed by atoms with Gasteiger partial charge in [-0.15, -0.1) is 0 Å². The van der Waals surface area contributed by atoms with Gasteiger partial charge in [0.25, 0.3) is 16.1 Å². The van der Waals surface area contributed by atoms with Gasteiger partial charge in [-0.25, -0.2) is 8.78 Å². The van der Waals surface area contributed by atoms with Crippen LogP contribution in [0.3, 0.4) is 0 Å². The molecule has 10 heteroatoms. The zero-order valence-corrected chi connectivity index (χ0v) is 15.1. The van der Waals surface area contributed by atoms with E-state index in [4.69, 9.17) is 0 Å². The Hall–Kier alpha value is -0.840. The van der Waals surface area contributed by atoms with E-state index in [1.807, 2.05) is 0 Å². The van der Waals surface area contributed by atoms with E-state index in [1.54, 1.807) is 0 Å². The van der Waals surface area contributed by atoms with Gasteiger partial charge in [-0.05, 0) is 12.8 Å². The smallest absolute Gasteiger partial charge is 0.282 e. The number of nitrogens with zero attached hydrogens (tertiary/aromatic N) is 3. The minimum absolute atomic E-state index is 0.216. The van der Waals surface area contributed by atoms with Crippen molar-refractivity contribution in [3.05, 3.63) is 0 Å². The Kier molecular flexibility index (Phi) is 5.62. The molecule has 3 fully saturated rings. The van der Waals surface area contributed by atoms with Gasteiger partial charge < -0.3 is 4.90 Å². The van der Waals surface area contributed by atoms with E-state index in [9.17, 15) is 22.0 Å². The van der Waals surface area contributed by atoms with E-state index in [0.29, 0.717) is 13.1 Å². The topological polar surface area (TPSA) is 73.0 Å². The van der Waals surface area contributed by atoms with Crippen LogP contribution in [0.2, 0.25) is 0 Å². The van der Waals surface area contributed by atoms with Crippen LogP contribution in [0.25, 0.3) is 0 Å². The van der Waals surface area contributed by atoms with E-state index in [-0.39, 0.29) is 32.1 Å². The van der Waals surface area contributed by atoms with E-state index >= 15 is 0 Å². The molecule has 7 nitrogen and oxygen atoms in total. The summed E-state index contributed by atoms with van der Waals surface area (Å²) in [5.41, 5.74) is 0. The van der Waals surface area contributed by atoms with Crippen molar-refractivity contribution in [1.29, 1.82) is 0 Å². The maximum absolute atomic E-state index is 13.3. The summed E-state index contributed by atoms with van der Waals surface area (Å²) in [7, 11) is -3.50. The lowest BCUT2D eigenvalue weighted by atomic mass is 10.1. The molecular weight excluding hydrogens is 354 g/mol. The zero-order chi connectivity index (χ0) is 18.1. The van der Waals surface area contributed by atoms with Crippen molar-refractivity contribution >= 4 is 16.1 Å². The first-order valence-corrected chi connectivity index (χ1v) is 10.3. The first-order valence-electron chi connectivity index (χ1n) is 8.95. The molecule has 1 N–H and O–H groups in total. The number of carbonyl (C=O) groups excluding carboxylic acids is 1. The molecule has 0 spiro atoms. The molecule has 1 atom stereocenters. The molecule has 1 amide bonds. The molecule has 0 aromatic rings. The third-order valence-corrected chi connectivity index (χ3v) is 7.21. The molecular formula is C15H26F2N4O3S. The molecule has 0 aromatic heterocycles. The number of alkyl halides is 2. The van der Waals surface area contributed by atoms with Gasteiger partial charge in [-0.1, -0.05) is 12.8 Å². The van der Waals surface area contributed by atoms with Gasteiger partial charge in [0, 0.05) is 45.7 Å². The summed E-state index contributed by atoms with van der Waals surface area (Å²) in [6.07, 6.45) is 3.36. The summed E-state index contributed by atoms with van der Waals surface area (Å²) in [6, 6.07) is -0.872. The highest BCUT2D eigenvalue weighted by molar-refractivity contribution is 7.86. The fourth-order valence-electron chi connectivity index (χ4n) is 3.69. The molecule has 0 radical (unpaired) electrons. The Morgan fingerprint density at radius 1 is 0.920 bits per heavy atom. The Morgan fingerprint density at radius 3 is 2.00 bits per heavy atom. The lowest BCUT2D eigenvalue weighted by Crippen LogP contribution is -2.56. The van der Waals surface area contributed by atoms with E-state index < -0.39 is 35.1 Å². The molecule has 144 valence electrons. The molecule has 3 rings (SSSR count). The normalized spacial score (nSPS) is 29.5. The summed E-state index contributed by atoms with van der Waals surface area (Å²) in [5.74, 6) is -3.21. The second-order valence-electron chi connectivity index (χ2n) is 7.04. The minimum atomic E-state index is -3.50. The first-order chi connectivity index (χ1) is 11.8. The third-order valence-electron chi connectivity index (χ3n) is 5.18. The molecule has 0 aromatic carbocycles. The van der Waals surface area contributed by atoms with E-state index in [2.05, 4.69) is 5.32 Å². The average Bonchev–Trinajstić information content (AvgIpc) is 2.79. The van der Waals surface area contributed by atoms with Gasteiger partial charge in [0.05, 0.1) is 12.6 Å². The molecule has 3 heterocycles. The number of carbonyl (C=O) groups is 1. The van der Waals surface area contributed by atoms with Crippen molar-refractivity contribution in [1.82, 2.24) is 18.8 Å². The van der Waals surface area contributed by atoms with Crippen LogP contribution in [0.15, 0.2) is 0 Å². The van der Waals surface area contributed by atoms with Gasteiger partial charge in [0.1, 0.15) is 0 Å². The summed E-state index contributed by atoms with van der Waals surface area (Å²) in [5, 5.41) is 2.56. The molecule has 3 aliphatic heterocycles. The Morgan fingerprint density at radius 2 is 1.48 bits per heavy atom. The molecule has 0 aliphatic carbocycles. The SMILES string of the molecule is O=C(C1CC(F)(F)CN1)N1CCN(S(=O)(=O)N2CCCCCC2)CC1. The van der Waals surface area contributed by atoms with E-state index in [1.165, 1.54) is 13.5 Å². The van der Waals surface area contributed by atoms with Gasteiger partial charge in [-0.3, -0.25) is 10.1 Å². The summed E-state index contributed by atoms with van der Waals surface area (Å²) < 4.78 is 55.0. The van der Waals surface area contributed by atoms with Crippen LogP contribution in [0.1, 0.15) is 32.1 Å². The molecule has 3 aliphatic rings. The Labute approximate surface area is 147 Å². The lowest BCUT2D eigenvalue weighted by molar-refractivity contribution is -0.134. The second-order valence-corrected chi connectivity index (χ2v) is 8.97. The second kappa shape index (κ2) is 7.42. The lowest BCUT2D eigenvalue weighted by Gasteiger charge is -2.37. The summed E-state index contributed by atoms with van der Waals surface area (Å²) >= 11 is 0. The van der Waals surface area contributed by atoms with Crippen molar-refractivity contribution in [3.8, 4) is 0 Å². The van der Waals surface area contributed by atoms with Gasteiger partial charge in [-0.2, -0.15) is 17.0 Å². The Balaban J connectivity index is 1.55. The monoisotopic (exact) mass is 380 g/mol. The van der Waals surface area contributed by atoms with Crippen LogP contribution in [0.4, 0.5) is 8.78 Å². The number of hydrogen-bond acceptors (Lipinski definition) is 4. The van der Waals surface area contributed by atoms with Gasteiger partial charge in [0.2, 0.25) is 5.91 Å². The quantitative estimate of drug-likeness (QED) is 0.762. The van der Waals surface area contributed by atoms with Crippen molar-refractivity contribution < 1.29 is 22.0 Å². The molecule has 0 bridgehead atoms. The van der Waals surface area contributed by atoms with Crippen LogP contribution in [-0.4, -0.2) is 85.6 Å². The predicted molar refractivity (Wildman–Crippen MR) is 88.5 cm³/mol. The number of piperazine rings is 1. The number of amides is 1. The van der Waals surface area contributed by atoms with Crippen LogP contribution in [0.5, 0.6) is 0 Å². The van der Waals surface area contributed by atoms with Crippen LogP contribution >= 0.6 is 0 Å². The van der Waals surface area contributed by atoms with Gasteiger partial charge in [0.15, 0.2) is 0 Å². The van der Waals surface area contributed by atoms with Crippen LogP contribution in [-0.2, 0) is 15.0 Å². The van der Waals surface area contributed by atoms with Crippen molar-refractivity contribution in [2.75, 3.05) is 45.8 Å². The summed E-state index contributed by atoms with van der Waals surface area (Å²) in [4.78, 5) is 13.8. The molecule has 0 saturated carbocycles. The fourth-order valence-corrected chi connectivity index (χ4v) is 5.36. The maximum atomic E-state index is 13.3. The number of rotatable bonds is 3. The standard InChI is InChI=1S/C15H26F2N4O3S/c16-15(17)11-13(18-12-15)14(22)19-7-9-21(10-8-19)25(23,24)20-5-3-1-2-4-6-20/h13,18H,1-12H2. The number of halogens is 2. The third kappa shape index (κ3) is 4.29. The highest BCUT2D eigenvalue weighted by Crippen LogP contribution is 2.26. The summed E-state index contributed by atoms with van der Waals surface area (Å²) in [6.45, 7) is 1.53.